The molecule has 0 aromatic rings. The summed E-state index contributed by atoms with van der Waals surface area (Å²) in [5, 5.41) is 0. The van der Waals surface area contributed by atoms with Crippen molar-refractivity contribution < 1.29 is 4.79 Å². The molecular weight excluding hydrogens is 150 g/mol. The van der Waals surface area contributed by atoms with Crippen LogP contribution < -0.4 is 0 Å². The molecule has 1 radical (unpaired) electrons. The first kappa shape index (κ1) is 7.84. The van der Waals surface area contributed by atoms with E-state index in [1.807, 2.05) is 4.90 Å². The van der Waals surface area contributed by atoms with Crippen LogP contribution in [0, 0.1) is 6.92 Å². The molecule has 1 amide bonds. The van der Waals surface area contributed by atoms with Gasteiger partial charge < -0.3 is 4.90 Å². The third-order valence-corrected chi connectivity index (χ3v) is 3.17. The van der Waals surface area contributed by atoms with Crippen molar-refractivity contribution in [1.82, 2.24) is 4.90 Å². The van der Waals surface area contributed by atoms with Gasteiger partial charge in [0.05, 0.1) is 0 Å². The van der Waals surface area contributed by atoms with Crippen molar-refractivity contribution in [3.05, 3.63) is 19.6 Å². The Morgan fingerprint density at radius 2 is 2.08 bits per heavy atom. The molecule has 0 unspecified atom stereocenters. The average Bonchev–Trinajstić information content (AvgIpc) is 2.55. The molecule has 0 atom stereocenters. The predicted molar refractivity (Wildman–Crippen MR) is 47.4 cm³/mol. The molecule has 2 nitrogen and oxygen atoms in total. The Morgan fingerprint density at radius 3 is 2.42 bits per heavy atom. The van der Waals surface area contributed by atoms with Gasteiger partial charge in [-0.1, -0.05) is 6.58 Å². The van der Waals surface area contributed by atoms with E-state index in [9.17, 15) is 4.79 Å². The van der Waals surface area contributed by atoms with Crippen molar-refractivity contribution in [1.29, 1.82) is 0 Å². The van der Waals surface area contributed by atoms with Crippen LogP contribution in [0.4, 0.5) is 0 Å². The Kier molecular flexibility index (Phi) is 1.53. The predicted octanol–water partition coefficient (Wildman–Crippen LogP) is 1.53. The number of hydrogen-bond donors (Lipinski definition) is 0. The first-order chi connectivity index (χ1) is 5.67. The van der Waals surface area contributed by atoms with Crippen LogP contribution in [-0.4, -0.2) is 22.4 Å². The maximum Gasteiger partial charge on any atom is 0.246 e. The summed E-state index contributed by atoms with van der Waals surface area (Å²) in [7, 11) is 0. The molecule has 2 aliphatic heterocycles. The normalized spacial score (nSPS) is 38.8. The molecule has 2 fully saturated rings. The van der Waals surface area contributed by atoms with Gasteiger partial charge in [0, 0.05) is 11.6 Å². The molecule has 12 heavy (non-hydrogen) atoms. The van der Waals surface area contributed by atoms with E-state index in [-0.39, 0.29) is 11.4 Å². The number of carbonyl (C=O) groups is 1. The molecular formula is C10H14NO. The molecule has 0 aromatic carbocycles. The van der Waals surface area contributed by atoms with Crippen molar-refractivity contribution in [3.63, 3.8) is 0 Å². The van der Waals surface area contributed by atoms with Gasteiger partial charge in [-0.3, -0.25) is 4.79 Å². The lowest BCUT2D eigenvalue weighted by atomic mass is 9.90. The lowest BCUT2D eigenvalue weighted by Crippen LogP contribution is -2.42. The maximum absolute atomic E-state index is 11.4. The van der Waals surface area contributed by atoms with Crippen LogP contribution in [0.3, 0.4) is 0 Å². The maximum atomic E-state index is 11.4. The molecule has 0 aliphatic carbocycles. The molecule has 2 heteroatoms. The zero-order chi connectivity index (χ0) is 8.77. The Morgan fingerprint density at radius 1 is 1.50 bits per heavy atom. The lowest BCUT2D eigenvalue weighted by molar-refractivity contribution is -0.128. The van der Waals surface area contributed by atoms with Gasteiger partial charge in [-0.15, -0.1) is 0 Å². The Hall–Kier alpha value is -0.790. The monoisotopic (exact) mass is 164 g/mol. The Bertz CT molecular complexity index is 226. The molecule has 2 rings (SSSR count). The fourth-order valence-corrected chi connectivity index (χ4v) is 2.54. The zero-order valence-corrected chi connectivity index (χ0v) is 7.25. The topological polar surface area (TPSA) is 20.3 Å². The first-order valence-electron chi connectivity index (χ1n) is 4.48. The molecule has 2 saturated heterocycles. The van der Waals surface area contributed by atoms with Gasteiger partial charge in [-0.2, -0.15) is 0 Å². The highest BCUT2D eigenvalue weighted by Crippen LogP contribution is 2.45. The summed E-state index contributed by atoms with van der Waals surface area (Å²) in [4.78, 5) is 13.4. The number of nitrogens with zero attached hydrogens (tertiary/aromatic N) is 1. The van der Waals surface area contributed by atoms with Gasteiger partial charge in [-0.25, -0.2) is 0 Å². The molecule has 65 valence electrons. The van der Waals surface area contributed by atoms with Crippen LogP contribution in [0.15, 0.2) is 12.7 Å². The third kappa shape index (κ3) is 0.838. The van der Waals surface area contributed by atoms with Crippen LogP contribution in [0.2, 0.25) is 0 Å². The molecule has 2 aliphatic rings. The first-order valence-corrected chi connectivity index (χ1v) is 4.48. The molecule has 0 N–H and O–H groups in total. The lowest BCUT2D eigenvalue weighted by Gasteiger charge is -2.29. The summed E-state index contributed by atoms with van der Waals surface area (Å²) in [6.07, 6.45) is 5.80. The fraction of sp³-hybridized carbons (Fsp3) is 0.600. The van der Waals surface area contributed by atoms with Crippen LogP contribution in [0.1, 0.15) is 25.7 Å². The van der Waals surface area contributed by atoms with Gasteiger partial charge in [-0.05, 0) is 38.7 Å². The summed E-state index contributed by atoms with van der Waals surface area (Å²) in [5.74, 6) is 0.0602. The number of fused-ring (bicyclic) bond motifs is 2. The highest BCUT2D eigenvalue weighted by molar-refractivity contribution is 5.88. The zero-order valence-electron chi connectivity index (χ0n) is 7.25. The van der Waals surface area contributed by atoms with E-state index in [1.165, 1.54) is 6.08 Å². The molecule has 0 aromatic heterocycles. The quantitative estimate of drug-likeness (QED) is 0.538. The average molecular weight is 164 g/mol. The van der Waals surface area contributed by atoms with E-state index in [0.717, 1.165) is 25.7 Å². The van der Waals surface area contributed by atoms with Crippen molar-refractivity contribution in [2.75, 3.05) is 0 Å². The second kappa shape index (κ2) is 2.35. The fourth-order valence-electron chi connectivity index (χ4n) is 2.54. The van der Waals surface area contributed by atoms with E-state index >= 15 is 0 Å². The summed E-state index contributed by atoms with van der Waals surface area (Å²) in [6.45, 7) is 7.65. The second-order valence-electron chi connectivity index (χ2n) is 3.87. The minimum atomic E-state index is -0.0874. The molecule has 2 heterocycles. The van der Waals surface area contributed by atoms with Crippen molar-refractivity contribution in [3.8, 4) is 0 Å². The number of amides is 1. The van der Waals surface area contributed by atoms with E-state index in [1.54, 1.807) is 0 Å². The van der Waals surface area contributed by atoms with E-state index < -0.39 is 0 Å². The van der Waals surface area contributed by atoms with E-state index in [2.05, 4.69) is 13.5 Å². The van der Waals surface area contributed by atoms with Crippen molar-refractivity contribution >= 4 is 5.91 Å². The van der Waals surface area contributed by atoms with Crippen LogP contribution in [0.25, 0.3) is 0 Å². The smallest absolute Gasteiger partial charge is 0.246 e. The number of hydrogen-bond acceptors (Lipinski definition) is 1. The largest absolute Gasteiger partial charge is 0.331 e. The second-order valence-corrected chi connectivity index (χ2v) is 3.87. The van der Waals surface area contributed by atoms with Gasteiger partial charge in [0.25, 0.3) is 0 Å². The molecule has 0 spiro atoms. The van der Waals surface area contributed by atoms with Gasteiger partial charge in [0.2, 0.25) is 5.91 Å². The highest BCUT2D eigenvalue weighted by Gasteiger charge is 2.49. The van der Waals surface area contributed by atoms with Gasteiger partial charge in [0.15, 0.2) is 0 Å². The molecule has 0 saturated carbocycles. The minimum absolute atomic E-state index is 0.0602. The summed E-state index contributed by atoms with van der Waals surface area (Å²) in [6, 6.07) is 0.452. The van der Waals surface area contributed by atoms with Crippen molar-refractivity contribution in [2.45, 2.75) is 37.3 Å². The minimum Gasteiger partial charge on any atom is -0.331 e. The van der Waals surface area contributed by atoms with Crippen LogP contribution in [-0.2, 0) is 4.79 Å². The summed E-state index contributed by atoms with van der Waals surface area (Å²) in [5.41, 5.74) is -0.0874. The SMILES string of the molecule is [CH2]C12CCC(CC1)N2C(=O)C=C. The third-order valence-electron chi connectivity index (χ3n) is 3.17. The van der Waals surface area contributed by atoms with E-state index in [0.29, 0.717) is 6.04 Å². The van der Waals surface area contributed by atoms with Crippen LogP contribution in [0.5, 0.6) is 0 Å². The van der Waals surface area contributed by atoms with Crippen molar-refractivity contribution in [2.24, 2.45) is 0 Å². The summed E-state index contributed by atoms with van der Waals surface area (Å²) < 4.78 is 0. The van der Waals surface area contributed by atoms with Crippen LogP contribution >= 0.6 is 0 Å². The Balaban J connectivity index is 2.26. The highest BCUT2D eigenvalue weighted by atomic mass is 16.2. The van der Waals surface area contributed by atoms with Gasteiger partial charge in [0.1, 0.15) is 0 Å². The number of carbonyl (C=O) groups excluding carboxylic acids is 1. The Labute approximate surface area is 73.2 Å². The van der Waals surface area contributed by atoms with Gasteiger partial charge >= 0.3 is 0 Å². The molecule has 2 bridgehead atoms. The van der Waals surface area contributed by atoms with E-state index in [4.69, 9.17) is 0 Å². The summed E-state index contributed by atoms with van der Waals surface area (Å²) >= 11 is 0. The number of rotatable bonds is 1. The standard InChI is InChI=1S/C10H14NO/c1-3-9(12)11-8-4-6-10(11,2)7-5-8/h3,8H,1-2,4-7H2.